The van der Waals surface area contributed by atoms with Crippen molar-refractivity contribution in [2.75, 3.05) is 19.4 Å². The van der Waals surface area contributed by atoms with Crippen molar-refractivity contribution in [2.45, 2.75) is 25.3 Å². The number of aromatic nitrogens is 3. The van der Waals surface area contributed by atoms with Gasteiger partial charge in [0.2, 0.25) is 10.0 Å². The summed E-state index contributed by atoms with van der Waals surface area (Å²) < 4.78 is 28.0. The van der Waals surface area contributed by atoms with Gasteiger partial charge in [-0.3, -0.25) is 14.8 Å². The summed E-state index contributed by atoms with van der Waals surface area (Å²) in [5, 5.41) is 7.43. The number of sulfonamides is 1. The molecule has 26 heavy (non-hydrogen) atoms. The van der Waals surface area contributed by atoms with Gasteiger partial charge >= 0.3 is 0 Å². The third kappa shape index (κ3) is 3.35. The summed E-state index contributed by atoms with van der Waals surface area (Å²) >= 11 is 1.23. The lowest BCUT2D eigenvalue weighted by atomic mass is 10.3. The molecule has 0 aliphatic rings. The monoisotopic (exact) mass is 393 g/mol. The van der Waals surface area contributed by atoms with Crippen LogP contribution in [0.25, 0.3) is 10.2 Å². The first-order chi connectivity index (χ1) is 12.2. The van der Waals surface area contributed by atoms with Crippen molar-refractivity contribution in [3.8, 4) is 0 Å². The second kappa shape index (κ2) is 6.78. The zero-order valence-corrected chi connectivity index (χ0v) is 16.5. The van der Waals surface area contributed by atoms with Crippen LogP contribution in [0.3, 0.4) is 0 Å². The highest BCUT2D eigenvalue weighted by Gasteiger charge is 2.19. The Bertz CT molecular complexity index is 1080. The molecule has 138 valence electrons. The predicted octanol–water partition coefficient (Wildman–Crippen LogP) is 2.32. The fourth-order valence-corrected chi connectivity index (χ4v) is 4.36. The Morgan fingerprint density at radius 1 is 1.31 bits per heavy atom. The van der Waals surface area contributed by atoms with E-state index in [0.29, 0.717) is 27.6 Å². The van der Waals surface area contributed by atoms with Crippen molar-refractivity contribution in [3.05, 3.63) is 35.7 Å². The number of nitrogens with one attached hydrogen (secondary N) is 1. The first-order valence-electron chi connectivity index (χ1n) is 7.91. The van der Waals surface area contributed by atoms with E-state index in [1.54, 1.807) is 22.9 Å². The number of nitrogens with zero attached hydrogens (tertiary/aromatic N) is 4. The molecule has 3 rings (SSSR count). The Hall–Kier alpha value is -2.30. The zero-order chi connectivity index (χ0) is 19.1. The van der Waals surface area contributed by atoms with Crippen LogP contribution in [-0.4, -0.2) is 47.5 Å². The number of amides is 1. The van der Waals surface area contributed by atoms with Crippen molar-refractivity contribution in [2.24, 2.45) is 0 Å². The normalized spacial score (nSPS) is 12.0. The molecular weight excluding hydrogens is 374 g/mol. The molecule has 2 aromatic heterocycles. The number of hydrogen-bond acceptors (Lipinski definition) is 6. The smallest absolute Gasteiger partial charge is 0.275 e. The van der Waals surface area contributed by atoms with Crippen LogP contribution in [-0.2, 0) is 16.6 Å². The molecule has 0 aliphatic heterocycles. The quantitative estimate of drug-likeness (QED) is 0.717. The van der Waals surface area contributed by atoms with E-state index in [9.17, 15) is 13.2 Å². The summed E-state index contributed by atoms with van der Waals surface area (Å²) in [6, 6.07) is 6.43. The van der Waals surface area contributed by atoms with E-state index in [-0.39, 0.29) is 10.8 Å². The summed E-state index contributed by atoms with van der Waals surface area (Å²) in [6.45, 7) is 4.32. The number of carbonyl (C=O) groups is 1. The SMILES string of the molecule is CCn1nc(C)cc1C(=O)Nc1nc2ccc(S(=O)(=O)N(C)C)cc2s1. The topological polar surface area (TPSA) is 97.2 Å². The maximum absolute atomic E-state index is 12.5. The molecule has 1 N–H and O–H groups in total. The van der Waals surface area contributed by atoms with Gasteiger partial charge in [-0.1, -0.05) is 11.3 Å². The number of fused-ring (bicyclic) bond motifs is 1. The molecule has 0 fully saturated rings. The number of thiazole rings is 1. The Morgan fingerprint density at radius 2 is 2.04 bits per heavy atom. The maximum Gasteiger partial charge on any atom is 0.275 e. The van der Waals surface area contributed by atoms with Crippen LogP contribution in [0.5, 0.6) is 0 Å². The van der Waals surface area contributed by atoms with Gasteiger partial charge in [-0.15, -0.1) is 0 Å². The van der Waals surface area contributed by atoms with Crippen LogP contribution in [0.4, 0.5) is 5.13 Å². The summed E-state index contributed by atoms with van der Waals surface area (Å²) in [5.41, 5.74) is 1.85. The molecule has 0 aliphatic carbocycles. The van der Waals surface area contributed by atoms with E-state index < -0.39 is 10.0 Å². The van der Waals surface area contributed by atoms with Gasteiger partial charge in [0, 0.05) is 20.6 Å². The Kier molecular flexibility index (Phi) is 4.82. The van der Waals surface area contributed by atoms with Crippen LogP contribution in [0.1, 0.15) is 23.1 Å². The van der Waals surface area contributed by atoms with Crippen molar-refractivity contribution < 1.29 is 13.2 Å². The summed E-state index contributed by atoms with van der Waals surface area (Å²) in [5.74, 6) is -0.298. The summed E-state index contributed by atoms with van der Waals surface area (Å²) in [6.07, 6.45) is 0. The van der Waals surface area contributed by atoms with Gasteiger partial charge in [0.15, 0.2) is 5.13 Å². The van der Waals surface area contributed by atoms with Crippen LogP contribution in [0.2, 0.25) is 0 Å². The standard InChI is InChI=1S/C16H19N5O3S2/c1-5-21-13(8-10(2)19-21)15(22)18-16-17-12-7-6-11(9-14(12)25-16)26(23,24)20(3)4/h6-9H,5H2,1-4H3,(H,17,18,22). The molecule has 1 aromatic carbocycles. The average molecular weight is 393 g/mol. The van der Waals surface area contributed by atoms with Gasteiger partial charge in [0.1, 0.15) is 5.69 Å². The lowest BCUT2D eigenvalue weighted by molar-refractivity contribution is 0.101. The van der Waals surface area contributed by atoms with E-state index >= 15 is 0 Å². The second-order valence-corrected chi connectivity index (χ2v) is 9.06. The van der Waals surface area contributed by atoms with Crippen LogP contribution in [0.15, 0.2) is 29.2 Å². The molecule has 0 unspecified atom stereocenters. The average Bonchev–Trinajstić information content (AvgIpc) is 3.16. The van der Waals surface area contributed by atoms with Gasteiger partial charge in [-0.05, 0) is 38.1 Å². The van der Waals surface area contributed by atoms with Crippen LogP contribution in [0, 0.1) is 6.92 Å². The predicted molar refractivity (Wildman–Crippen MR) is 101 cm³/mol. The van der Waals surface area contributed by atoms with Crippen molar-refractivity contribution in [1.82, 2.24) is 19.1 Å². The molecule has 1 amide bonds. The molecule has 0 radical (unpaired) electrons. The first kappa shape index (κ1) is 18.5. The molecule has 0 bridgehead atoms. The van der Waals surface area contributed by atoms with Crippen molar-refractivity contribution in [3.63, 3.8) is 0 Å². The highest BCUT2D eigenvalue weighted by molar-refractivity contribution is 7.89. The highest BCUT2D eigenvalue weighted by atomic mass is 32.2. The lowest BCUT2D eigenvalue weighted by Gasteiger charge is -2.10. The molecule has 0 saturated heterocycles. The minimum Gasteiger partial charge on any atom is -0.296 e. The molecule has 0 saturated carbocycles. The van der Waals surface area contributed by atoms with Gasteiger partial charge in [-0.25, -0.2) is 17.7 Å². The van der Waals surface area contributed by atoms with Crippen LogP contribution < -0.4 is 5.32 Å². The number of benzene rings is 1. The van der Waals surface area contributed by atoms with Gasteiger partial charge in [0.05, 0.1) is 20.8 Å². The third-order valence-corrected chi connectivity index (χ3v) is 6.54. The Morgan fingerprint density at radius 3 is 2.69 bits per heavy atom. The largest absolute Gasteiger partial charge is 0.296 e. The molecule has 3 aromatic rings. The number of carbonyl (C=O) groups excluding carboxylic acids is 1. The van der Waals surface area contributed by atoms with E-state index in [1.807, 2.05) is 13.8 Å². The van der Waals surface area contributed by atoms with Gasteiger partial charge in [-0.2, -0.15) is 5.10 Å². The third-order valence-electron chi connectivity index (χ3n) is 3.79. The summed E-state index contributed by atoms with van der Waals surface area (Å²) in [4.78, 5) is 17.0. The molecular formula is C16H19N5O3S2. The number of anilines is 1. The van der Waals surface area contributed by atoms with E-state index in [0.717, 1.165) is 10.00 Å². The fourth-order valence-electron chi connectivity index (χ4n) is 2.46. The Labute approximate surface area is 155 Å². The summed E-state index contributed by atoms with van der Waals surface area (Å²) in [7, 11) is -0.552. The minimum atomic E-state index is -3.52. The number of hydrogen-bond donors (Lipinski definition) is 1. The van der Waals surface area contributed by atoms with E-state index in [4.69, 9.17) is 0 Å². The molecule has 8 nitrogen and oxygen atoms in total. The number of rotatable bonds is 5. The highest BCUT2D eigenvalue weighted by Crippen LogP contribution is 2.29. The van der Waals surface area contributed by atoms with Gasteiger partial charge in [0.25, 0.3) is 5.91 Å². The Balaban J connectivity index is 1.91. The van der Waals surface area contributed by atoms with E-state index in [1.165, 1.54) is 31.5 Å². The first-order valence-corrected chi connectivity index (χ1v) is 10.2. The minimum absolute atomic E-state index is 0.191. The van der Waals surface area contributed by atoms with Gasteiger partial charge < -0.3 is 0 Å². The fraction of sp³-hybridized carbons (Fsp3) is 0.312. The molecule has 0 spiro atoms. The molecule has 0 atom stereocenters. The van der Waals surface area contributed by atoms with E-state index in [2.05, 4.69) is 15.4 Å². The number of aryl methyl sites for hydroxylation is 2. The molecule has 10 heteroatoms. The molecule has 2 heterocycles. The lowest BCUT2D eigenvalue weighted by Crippen LogP contribution is -2.22. The van der Waals surface area contributed by atoms with Crippen molar-refractivity contribution >= 4 is 42.6 Å². The second-order valence-electron chi connectivity index (χ2n) is 5.88. The maximum atomic E-state index is 12.5. The van der Waals surface area contributed by atoms with Crippen LogP contribution >= 0.6 is 11.3 Å². The zero-order valence-electron chi connectivity index (χ0n) is 14.8. The van der Waals surface area contributed by atoms with Crippen molar-refractivity contribution in [1.29, 1.82) is 0 Å².